The Hall–Kier alpha value is -2.33. The molecule has 2 aromatic rings. The summed E-state index contributed by atoms with van der Waals surface area (Å²) in [5, 5.41) is 9.99. The second kappa shape index (κ2) is 6.84. The first-order chi connectivity index (χ1) is 11.1. The third kappa shape index (κ3) is 4.11. The summed E-state index contributed by atoms with van der Waals surface area (Å²) < 4.78 is 5.76. The standard InChI is InChI=1S/C19H21NO3/c1-20(13-18(21)14-10-11-14)19(22)15-6-5-9-17(12-15)23-16-7-3-2-4-8-16/h2-9,12,14,18,21H,10-11,13H2,1H3. The number of rotatable bonds is 6. The smallest absolute Gasteiger partial charge is 0.253 e. The quantitative estimate of drug-likeness (QED) is 0.890. The van der Waals surface area contributed by atoms with Crippen LogP contribution in [0.4, 0.5) is 0 Å². The van der Waals surface area contributed by atoms with E-state index in [1.165, 1.54) is 0 Å². The maximum atomic E-state index is 12.5. The Balaban J connectivity index is 1.67. The molecule has 0 spiro atoms. The average molecular weight is 311 g/mol. The zero-order chi connectivity index (χ0) is 16.2. The van der Waals surface area contributed by atoms with Gasteiger partial charge < -0.3 is 14.7 Å². The summed E-state index contributed by atoms with van der Waals surface area (Å²) in [7, 11) is 1.72. The van der Waals surface area contributed by atoms with Crippen molar-refractivity contribution in [1.29, 1.82) is 0 Å². The van der Waals surface area contributed by atoms with Crippen molar-refractivity contribution in [3.63, 3.8) is 0 Å². The fourth-order valence-corrected chi connectivity index (χ4v) is 2.53. The van der Waals surface area contributed by atoms with Crippen molar-refractivity contribution in [2.75, 3.05) is 13.6 Å². The highest BCUT2D eigenvalue weighted by Gasteiger charge is 2.31. The van der Waals surface area contributed by atoms with E-state index in [4.69, 9.17) is 4.74 Å². The second-order valence-corrected chi connectivity index (χ2v) is 6.03. The van der Waals surface area contributed by atoms with E-state index in [9.17, 15) is 9.90 Å². The molecule has 1 amide bonds. The van der Waals surface area contributed by atoms with Gasteiger partial charge in [-0.05, 0) is 49.1 Å². The van der Waals surface area contributed by atoms with Crippen molar-refractivity contribution in [1.82, 2.24) is 4.90 Å². The highest BCUT2D eigenvalue weighted by molar-refractivity contribution is 5.94. The number of likely N-dealkylation sites (N-methyl/N-ethyl adjacent to an activating group) is 1. The molecule has 3 rings (SSSR count). The van der Waals surface area contributed by atoms with Crippen molar-refractivity contribution >= 4 is 5.91 Å². The number of carbonyl (C=O) groups excluding carboxylic acids is 1. The molecule has 0 aromatic heterocycles. The average Bonchev–Trinajstić information content (AvgIpc) is 3.40. The van der Waals surface area contributed by atoms with Gasteiger partial charge in [-0.15, -0.1) is 0 Å². The van der Waals surface area contributed by atoms with Crippen molar-refractivity contribution in [2.24, 2.45) is 5.92 Å². The van der Waals surface area contributed by atoms with E-state index < -0.39 is 6.10 Å². The number of nitrogens with zero attached hydrogens (tertiary/aromatic N) is 1. The lowest BCUT2D eigenvalue weighted by atomic mass is 10.1. The van der Waals surface area contributed by atoms with Crippen LogP contribution in [0.1, 0.15) is 23.2 Å². The third-order valence-electron chi connectivity index (χ3n) is 4.03. The molecule has 4 nitrogen and oxygen atoms in total. The number of aliphatic hydroxyl groups excluding tert-OH is 1. The number of aliphatic hydroxyl groups is 1. The normalized spacial score (nSPS) is 15.0. The van der Waals surface area contributed by atoms with Crippen LogP contribution in [0.25, 0.3) is 0 Å². The highest BCUT2D eigenvalue weighted by atomic mass is 16.5. The number of carbonyl (C=O) groups is 1. The van der Waals surface area contributed by atoms with E-state index in [0.29, 0.717) is 23.8 Å². The summed E-state index contributed by atoms with van der Waals surface area (Å²) in [4.78, 5) is 14.1. The summed E-state index contributed by atoms with van der Waals surface area (Å²) in [5.41, 5.74) is 0.559. The molecule has 1 atom stereocenters. The molecule has 0 bridgehead atoms. The SMILES string of the molecule is CN(CC(O)C1CC1)C(=O)c1cccc(Oc2ccccc2)c1. The second-order valence-electron chi connectivity index (χ2n) is 6.03. The Labute approximate surface area is 136 Å². The van der Waals surface area contributed by atoms with Crippen LogP contribution < -0.4 is 4.74 Å². The number of ether oxygens (including phenoxy) is 1. The van der Waals surface area contributed by atoms with Gasteiger partial charge in [0.2, 0.25) is 0 Å². The fourth-order valence-electron chi connectivity index (χ4n) is 2.53. The van der Waals surface area contributed by atoms with E-state index in [1.54, 1.807) is 30.1 Å². The molecule has 1 N–H and O–H groups in total. The van der Waals surface area contributed by atoms with Gasteiger partial charge in [0.25, 0.3) is 5.91 Å². The summed E-state index contributed by atoms with van der Waals surface area (Å²) >= 11 is 0. The molecule has 4 heteroatoms. The van der Waals surface area contributed by atoms with Crippen LogP contribution in [0, 0.1) is 5.92 Å². The van der Waals surface area contributed by atoms with Gasteiger partial charge in [-0.2, -0.15) is 0 Å². The number of hydrogen-bond donors (Lipinski definition) is 1. The predicted molar refractivity (Wildman–Crippen MR) is 88.6 cm³/mol. The molecular weight excluding hydrogens is 290 g/mol. The van der Waals surface area contributed by atoms with Gasteiger partial charge in [0.1, 0.15) is 11.5 Å². The van der Waals surface area contributed by atoms with Gasteiger partial charge in [0, 0.05) is 19.2 Å². The first kappa shape index (κ1) is 15.6. The van der Waals surface area contributed by atoms with Crippen molar-refractivity contribution < 1.29 is 14.6 Å². The van der Waals surface area contributed by atoms with Crippen LogP contribution in [-0.2, 0) is 0 Å². The molecular formula is C19H21NO3. The minimum Gasteiger partial charge on any atom is -0.457 e. The molecule has 1 fully saturated rings. The van der Waals surface area contributed by atoms with Gasteiger partial charge in [-0.3, -0.25) is 4.79 Å². The Morgan fingerprint density at radius 2 is 1.87 bits per heavy atom. The van der Waals surface area contributed by atoms with Crippen LogP contribution in [-0.4, -0.2) is 35.6 Å². The first-order valence-electron chi connectivity index (χ1n) is 7.90. The Bertz CT molecular complexity index is 667. The Morgan fingerprint density at radius 3 is 2.57 bits per heavy atom. The molecule has 120 valence electrons. The number of benzene rings is 2. The Kier molecular flexibility index (Phi) is 4.63. The maximum absolute atomic E-state index is 12.5. The predicted octanol–water partition coefficient (Wildman–Crippen LogP) is 3.32. The first-order valence-corrected chi connectivity index (χ1v) is 7.90. The maximum Gasteiger partial charge on any atom is 0.253 e. The summed E-state index contributed by atoms with van der Waals surface area (Å²) in [6.07, 6.45) is 1.69. The van der Waals surface area contributed by atoms with Gasteiger partial charge in [-0.1, -0.05) is 24.3 Å². The zero-order valence-corrected chi connectivity index (χ0v) is 13.2. The lowest BCUT2D eigenvalue weighted by molar-refractivity contribution is 0.0645. The van der Waals surface area contributed by atoms with Crippen molar-refractivity contribution in [3.05, 3.63) is 60.2 Å². The molecule has 1 aliphatic carbocycles. The monoisotopic (exact) mass is 311 g/mol. The number of para-hydroxylation sites is 1. The molecule has 1 unspecified atom stereocenters. The van der Waals surface area contributed by atoms with Crippen molar-refractivity contribution in [3.8, 4) is 11.5 Å². The minimum absolute atomic E-state index is 0.108. The topological polar surface area (TPSA) is 49.8 Å². The largest absolute Gasteiger partial charge is 0.457 e. The van der Waals surface area contributed by atoms with Crippen LogP contribution in [0.2, 0.25) is 0 Å². The van der Waals surface area contributed by atoms with Gasteiger partial charge in [-0.25, -0.2) is 0 Å². The van der Waals surface area contributed by atoms with E-state index in [0.717, 1.165) is 18.6 Å². The summed E-state index contributed by atoms with van der Waals surface area (Å²) in [6, 6.07) is 16.6. The van der Waals surface area contributed by atoms with Crippen LogP contribution >= 0.6 is 0 Å². The number of hydrogen-bond acceptors (Lipinski definition) is 3. The van der Waals surface area contributed by atoms with Gasteiger partial charge in [0.05, 0.1) is 6.10 Å². The molecule has 2 aromatic carbocycles. The highest BCUT2D eigenvalue weighted by Crippen LogP contribution is 2.33. The molecule has 0 aliphatic heterocycles. The minimum atomic E-state index is -0.423. The van der Waals surface area contributed by atoms with Gasteiger partial charge in [0.15, 0.2) is 0 Å². The van der Waals surface area contributed by atoms with E-state index in [1.807, 2.05) is 36.4 Å². The molecule has 23 heavy (non-hydrogen) atoms. The lowest BCUT2D eigenvalue weighted by Crippen LogP contribution is -2.35. The lowest BCUT2D eigenvalue weighted by Gasteiger charge is -2.21. The van der Waals surface area contributed by atoms with E-state index in [2.05, 4.69) is 0 Å². The van der Waals surface area contributed by atoms with Crippen LogP contribution in [0.3, 0.4) is 0 Å². The Morgan fingerprint density at radius 1 is 1.17 bits per heavy atom. The van der Waals surface area contributed by atoms with E-state index in [-0.39, 0.29) is 5.91 Å². The molecule has 0 radical (unpaired) electrons. The molecule has 0 heterocycles. The van der Waals surface area contributed by atoms with Gasteiger partial charge >= 0.3 is 0 Å². The third-order valence-corrected chi connectivity index (χ3v) is 4.03. The van der Waals surface area contributed by atoms with Crippen LogP contribution in [0.5, 0.6) is 11.5 Å². The number of amides is 1. The fraction of sp³-hybridized carbons (Fsp3) is 0.316. The van der Waals surface area contributed by atoms with Crippen molar-refractivity contribution in [2.45, 2.75) is 18.9 Å². The summed E-state index contributed by atoms with van der Waals surface area (Å²) in [5.74, 6) is 1.61. The summed E-state index contributed by atoms with van der Waals surface area (Å²) in [6.45, 7) is 0.368. The molecule has 1 aliphatic rings. The van der Waals surface area contributed by atoms with E-state index >= 15 is 0 Å². The molecule has 0 saturated heterocycles. The zero-order valence-electron chi connectivity index (χ0n) is 13.2. The van der Waals surface area contributed by atoms with Crippen LogP contribution in [0.15, 0.2) is 54.6 Å². The molecule has 1 saturated carbocycles.